The number of hydrogen-bond acceptors (Lipinski definition) is 3. The molecular weight excluding hydrogens is 259 g/mol. The summed E-state index contributed by atoms with van der Waals surface area (Å²) in [7, 11) is 0. The van der Waals surface area contributed by atoms with E-state index in [1.165, 1.54) is 12.1 Å². The number of nitrogens with zero attached hydrogens (tertiary/aromatic N) is 1. The van der Waals surface area contributed by atoms with E-state index in [9.17, 15) is 9.18 Å². The van der Waals surface area contributed by atoms with Crippen LogP contribution in [-0.2, 0) is 4.79 Å². The van der Waals surface area contributed by atoms with Crippen LogP contribution >= 0.6 is 0 Å². The van der Waals surface area contributed by atoms with E-state index in [1.807, 2.05) is 0 Å². The normalized spacial score (nSPS) is 17.9. The van der Waals surface area contributed by atoms with Gasteiger partial charge in [-0.3, -0.25) is 4.79 Å². The van der Waals surface area contributed by atoms with Gasteiger partial charge >= 0.3 is 0 Å². The number of halogens is 1. The third kappa shape index (κ3) is 3.28. The van der Waals surface area contributed by atoms with Crippen LogP contribution in [0.3, 0.4) is 0 Å². The molecule has 0 aliphatic carbocycles. The minimum atomic E-state index is -0.632. The first-order valence-corrected chi connectivity index (χ1v) is 6.99. The summed E-state index contributed by atoms with van der Waals surface area (Å²) in [6, 6.07) is 3.95. The molecular formula is C15H21FN2O2. The van der Waals surface area contributed by atoms with E-state index in [0.717, 1.165) is 25.9 Å². The summed E-state index contributed by atoms with van der Waals surface area (Å²) in [5, 5.41) is 0. The predicted molar refractivity (Wildman–Crippen MR) is 74.9 cm³/mol. The van der Waals surface area contributed by atoms with Gasteiger partial charge in [-0.25, -0.2) is 4.39 Å². The number of carbonyl (C=O) groups excluding carboxylic acids is 1. The zero-order chi connectivity index (χ0) is 14.7. The Morgan fingerprint density at radius 2 is 2.00 bits per heavy atom. The van der Waals surface area contributed by atoms with Crippen molar-refractivity contribution in [3.63, 3.8) is 0 Å². The molecule has 1 amide bonds. The standard InChI is InChI=1S/C15H21FN2O2/c1-10(17)13-6-5-12(16)9-14(13)20-11(2)15(19)18-7-3-4-8-18/h5-6,9-11H,3-4,7-8,17H2,1-2H3/t10-,11?/m0/s1. The second-order valence-electron chi connectivity index (χ2n) is 5.26. The summed E-state index contributed by atoms with van der Waals surface area (Å²) < 4.78 is 19.0. The van der Waals surface area contributed by atoms with E-state index in [-0.39, 0.29) is 11.9 Å². The Balaban J connectivity index is 2.12. The molecule has 2 atom stereocenters. The van der Waals surface area contributed by atoms with Gasteiger partial charge in [-0.05, 0) is 32.8 Å². The van der Waals surface area contributed by atoms with Crippen molar-refractivity contribution >= 4 is 5.91 Å². The Morgan fingerprint density at radius 1 is 1.35 bits per heavy atom. The minimum Gasteiger partial charge on any atom is -0.480 e. The van der Waals surface area contributed by atoms with Crippen molar-refractivity contribution in [1.82, 2.24) is 4.90 Å². The van der Waals surface area contributed by atoms with E-state index in [4.69, 9.17) is 10.5 Å². The number of nitrogens with two attached hydrogens (primary N) is 1. The van der Waals surface area contributed by atoms with Crippen molar-refractivity contribution in [2.45, 2.75) is 38.8 Å². The third-order valence-electron chi connectivity index (χ3n) is 3.54. The number of benzene rings is 1. The van der Waals surface area contributed by atoms with Gasteiger partial charge in [0.1, 0.15) is 11.6 Å². The molecule has 1 fully saturated rings. The molecule has 1 aromatic carbocycles. The van der Waals surface area contributed by atoms with E-state index in [1.54, 1.807) is 24.8 Å². The highest BCUT2D eigenvalue weighted by molar-refractivity contribution is 5.81. The second kappa shape index (κ2) is 6.22. The lowest BCUT2D eigenvalue weighted by Crippen LogP contribution is -2.38. The maximum Gasteiger partial charge on any atom is 0.263 e. The van der Waals surface area contributed by atoms with Gasteiger partial charge in [0.15, 0.2) is 6.10 Å². The Bertz CT molecular complexity index is 485. The number of hydrogen-bond donors (Lipinski definition) is 1. The quantitative estimate of drug-likeness (QED) is 0.920. The van der Waals surface area contributed by atoms with Gasteiger partial charge in [-0.2, -0.15) is 0 Å². The Labute approximate surface area is 118 Å². The van der Waals surface area contributed by atoms with Crippen LogP contribution in [0.15, 0.2) is 18.2 Å². The van der Waals surface area contributed by atoms with E-state index in [2.05, 4.69) is 0 Å². The number of amides is 1. The molecule has 1 aromatic rings. The molecule has 0 saturated carbocycles. The van der Waals surface area contributed by atoms with Gasteiger partial charge < -0.3 is 15.4 Å². The molecule has 2 rings (SSSR count). The largest absolute Gasteiger partial charge is 0.480 e. The first-order chi connectivity index (χ1) is 9.49. The van der Waals surface area contributed by atoms with Crippen LogP contribution in [0.2, 0.25) is 0 Å². The van der Waals surface area contributed by atoms with Crippen LogP contribution in [0.25, 0.3) is 0 Å². The molecule has 2 N–H and O–H groups in total. The lowest BCUT2D eigenvalue weighted by molar-refractivity contribution is -0.136. The first kappa shape index (κ1) is 14.8. The number of rotatable bonds is 4. The van der Waals surface area contributed by atoms with E-state index >= 15 is 0 Å². The van der Waals surface area contributed by atoms with Crippen molar-refractivity contribution in [3.05, 3.63) is 29.6 Å². The van der Waals surface area contributed by atoms with Crippen LogP contribution in [0.4, 0.5) is 4.39 Å². The molecule has 5 heteroatoms. The van der Waals surface area contributed by atoms with Crippen LogP contribution in [-0.4, -0.2) is 30.0 Å². The number of carbonyl (C=O) groups is 1. The highest BCUT2D eigenvalue weighted by atomic mass is 19.1. The fourth-order valence-corrected chi connectivity index (χ4v) is 2.42. The topological polar surface area (TPSA) is 55.6 Å². The summed E-state index contributed by atoms with van der Waals surface area (Å²) in [6.45, 7) is 5.04. The molecule has 1 saturated heterocycles. The van der Waals surface area contributed by atoms with Crippen molar-refractivity contribution in [2.75, 3.05) is 13.1 Å². The summed E-state index contributed by atoms with van der Waals surface area (Å²) in [5.74, 6) is -0.104. The van der Waals surface area contributed by atoms with Crippen LogP contribution in [0, 0.1) is 5.82 Å². The van der Waals surface area contributed by atoms with Gasteiger partial charge in [0.05, 0.1) is 0 Å². The first-order valence-electron chi connectivity index (χ1n) is 6.99. The summed E-state index contributed by atoms with van der Waals surface area (Å²) in [4.78, 5) is 14.0. The average Bonchev–Trinajstić information content (AvgIpc) is 2.91. The molecule has 1 unspecified atom stereocenters. The molecule has 1 aliphatic rings. The van der Waals surface area contributed by atoms with Crippen molar-refractivity contribution < 1.29 is 13.9 Å². The molecule has 4 nitrogen and oxygen atoms in total. The molecule has 20 heavy (non-hydrogen) atoms. The van der Waals surface area contributed by atoms with Gasteiger partial charge in [-0.1, -0.05) is 6.07 Å². The molecule has 0 spiro atoms. The zero-order valence-corrected chi connectivity index (χ0v) is 11.9. The fourth-order valence-electron chi connectivity index (χ4n) is 2.42. The van der Waals surface area contributed by atoms with Gasteiger partial charge in [-0.15, -0.1) is 0 Å². The van der Waals surface area contributed by atoms with Crippen LogP contribution in [0.5, 0.6) is 5.75 Å². The third-order valence-corrected chi connectivity index (χ3v) is 3.54. The minimum absolute atomic E-state index is 0.0533. The lowest BCUT2D eigenvalue weighted by atomic mass is 10.1. The molecule has 1 heterocycles. The predicted octanol–water partition coefficient (Wildman–Crippen LogP) is 2.24. The molecule has 110 valence electrons. The summed E-state index contributed by atoms with van der Waals surface area (Å²) in [6.07, 6.45) is 1.43. The molecule has 1 aliphatic heterocycles. The van der Waals surface area contributed by atoms with Crippen molar-refractivity contribution in [3.8, 4) is 5.75 Å². The molecule has 0 bridgehead atoms. The lowest BCUT2D eigenvalue weighted by Gasteiger charge is -2.23. The maximum absolute atomic E-state index is 13.3. The SMILES string of the molecule is CC(Oc1cc(F)ccc1[C@H](C)N)C(=O)N1CCCC1. The second-order valence-corrected chi connectivity index (χ2v) is 5.26. The summed E-state index contributed by atoms with van der Waals surface area (Å²) >= 11 is 0. The fraction of sp³-hybridized carbons (Fsp3) is 0.533. The van der Waals surface area contributed by atoms with Gasteiger partial charge in [0, 0.05) is 30.8 Å². The Kier molecular flexibility index (Phi) is 4.60. The molecule has 0 radical (unpaired) electrons. The smallest absolute Gasteiger partial charge is 0.263 e. The Hall–Kier alpha value is -1.62. The number of likely N-dealkylation sites (tertiary alicyclic amines) is 1. The maximum atomic E-state index is 13.3. The van der Waals surface area contributed by atoms with E-state index in [0.29, 0.717) is 11.3 Å². The monoisotopic (exact) mass is 280 g/mol. The highest BCUT2D eigenvalue weighted by Crippen LogP contribution is 2.26. The van der Waals surface area contributed by atoms with Crippen molar-refractivity contribution in [1.29, 1.82) is 0 Å². The van der Waals surface area contributed by atoms with E-state index < -0.39 is 11.9 Å². The van der Waals surface area contributed by atoms with Gasteiger partial charge in [0.25, 0.3) is 5.91 Å². The van der Waals surface area contributed by atoms with Crippen molar-refractivity contribution in [2.24, 2.45) is 5.73 Å². The number of ether oxygens (including phenoxy) is 1. The molecule has 0 aromatic heterocycles. The van der Waals surface area contributed by atoms with Crippen LogP contribution in [0.1, 0.15) is 38.3 Å². The summed E-state index contributed by atoms with van der Waals surface area (Å²) in [5.41, 5.74) is 6.54. The van der Waals surface area contributed by atoms with Crippen LogP contribution < -0.4 is 10.5 Å². The van der Waals surface area contributed by atoms with Gasteiger partial charge in [0.2, 0.25) is 0 Å². The highest BCUT2D eigenvalue weighted by Gasteiger charge is 2.25. The average molecular weight is 280 g/mol. The zero-order valence-electron chi connectivity index (χ0n) is 11.9. The Morgan fingerprint density at radius 3 is 2.60 bits per heavy atom.